The minimum atomic E-state index is -0.643. The summed E-state index contributed by atoms with van der Waals surface area (Å²) in [4.78, 5) is 0. The summed E-state index contributed by atoms with van der Waals surface area (Å²) in [5, 5.41) is 0. The summed E-state index contributed by atoms with van der Waals surface area (Å²) in [5.41, 5.74) is 0. The van der Waals surface area contributed by atoms with Gasteiger partial charge in [0.15, 0.2) is 0 Å². The quantitative estimate of drug-likeness (QED) is 0.512. The van der Waals surface area contributed by atoms with E-state index in [2.05, 4.69) is 6.92 Å². The molecule has 50 valence electrons. The number of unbranched alkanes of at least 4 members (excludes halogenated alkanes) is 3. The van der Waals surface area contributed by atoms with E-state index in [9.17, 15) is 0 Å². The zero-order valence-electron chi connectivity index (χ0n) is 5.62. The van der Waals surface area contributed by atoms with E-state index in [1.165, 1.54) is 30.1 Å². The summed E-state index contributed by atoms with van der Waals surface area (Å²) in [5.74, 6) is 0. The SMILES string of the molecule is CCCCC[CH2][SnH2][Cl]. The molecule has 0 aromatic rings. The van der Waals surface area contributed by atoms with Crippen LogP contribution in [0.4, 0.5) is 0 Å². The van der Waals surface area contributed by atoms with E-state index in [0.717, 1.165) is 0 Å². The molecular weight excluding hydrogens is 226 g/mol. The summed E-state index contributed by atoms with van der Waals surface area (Å²) in [6.07, 6.45) is 5.58. The van der Waals surface area contributed by atoms with Crippen molar-refractivity contribution in [2.45, 2.75) is 37.0 Å². The van der Waals surface area contributed by atoms with Crippen LogP contribution in [-0.4, -0.2) is 20.0 Å². The Morgan fingerprint density at radius 1 is 1.25 bits per heavy atom. The van der Waals surface area contributed by atoms with Gasteiger partial charge in [-0.1, -0.05) is 0 Å². The van der Waals surface area contributed by atoms with Crippen molar-refractivity contribution >= 4 is 28.9 Å². The summed E-state index contributed by atoms with van der Waals surface area (Å²) < 4.78 is 1.41. The molecular formula is C6H15ClSn. The molecule has 0 amide bonds. The van der Waals surface area contributed by atoms with Gasteiger partial charge in [-0.05, 0) is 0 Å². The Morgan fingerprint density at radius 3 is 2.50 bits per heavy atom. The van der Waals surface area contributed by atoms with Crippen molar-refractivity contribution in [1.82, 2.24) is 0 Å². The predicted molar refractivity (Wildman–Crippen MR) is 43.3 cm³/mol. The zero-order valence-corrected chi connectivity index (χ0v) is 10.4. The van der Waals surface area contributed by atoms with Crippen molar-refractivity contribution in [3.63, 3.8) is 0 Å². The van der Waals surface area contributed by atoms with Gasteiger partial charge in [0, 0.05) is 0 Å². The van der Waals surface area contributed by atoms with Crippen molar-refractivity contribution in [3.05, 3.63) is 0 Å². The Bertz CT molecular complexity index is 33.5. The fourth-order valence-electron chi connectivity index (χ4n) is 0.698. The van der Waals surface area contributed by atoms with Crippen molar-refractivity contribution in [2.75, 3.05) is 0 Å². The third-order valence-corrected chi connectivity index (χ3v) is 5.22. The van der Waals surface area contributed by atoms with Gasteiger partial charge in [0.25, 0.3) is 0 Å². The molecule has 0 saturated heterocycles. The van der Waals surface area contributed by atoms with Crippen LogP contribution < -0.4 is 0 Å². The van der Waals surface area contributed by atoms with Crippen LogP contribution in [0, 0.1) is 0 Å². The van der Waals surface area contributed by atoms with Crippen LogP contribution >= 0.6 is 8.92 Å². The monoisotopic (exact) mass is 242 g/mol. The second-order valence-corrected chi connectivity index (χ2v) is 7.74. The van der Waals surface area contributed by atoms with Gasteiger partial charge in [0.05, 0.1) is 0 Å². The van der Waals surface area contributed by atoms with Gasteiger partial charge >= 0.3 is 66.0 Å². The molecule has 8 heavy (non-hydrogen) atoms. The maximum absolute atomic E-state index is 5.69. The molecule has 0 nitrogen and oxygen atoms in total. The van der Waals surface area contributed by atoms with E-state index < -0.39 is 20.0 Å². The minimum absolute atomic E-state index is 0.643. The molecule has 0 fully saturated rings. The summed E-state index contributed by atoms with van der Waals surface area (Å²) in [6, 6.07) is 0. The zero-order chi connectivity index (χ0) is 6.24. The third-order valence-electron chi connectivity index (χ3n) is 1.24. The van der Waals surface area contributed by atoms with Crippen LogP contribution in [0.5, 0.6) is 0 Å². The van der Waals surface area contributed by atoms with Crippen LogP contribution in [0.25, 0.3) is 0 Å². The van der Waals surface area contributed by atoms with E-state index in [1.54, 1.807) is 0 Å². The Hall–Kier alpha value is 1.09. The molecule has 0 saturated carbocycles. The van der Waals surface area contributed by atoms with Crippen LogP contribution in [0.3, 0.4) is 0 Å². The first-order valence-electron chi connectivity index (χ1n) is 3.47. The number of halogens is 1. The molecule has 2 heteroatoms. The molecule has 0 aromatic heterocycles. The van der Waals surface area contributed by atoms with Crippen LogP contribution in [0.2, 0.25) is 4.44 Å². The molecule has 0 aliphatic rings. The molecule has 0 aliphatic carbocycles. The number of rotatable bonds is 5. The van der Waals surface area contributed by atoms with Gasteiger partial charge in [-0.15, -0.1) is 0 Å². The first-order chi connectivity index (χ1) is 3.91. The number of hydrogen-bond donors (Lipinski definition) is 0. The van der Waals surface area contributed by atoms with Gasteiger partial charge in [-0.2, -0.15) is 0 Å². The Labute approximate surface area is 65.9 Å². The molecule has 0 radical (unpaired) electrons. The fraction of sp³-hybridized carbons (Fsp3) is 1.00. The molecule has 0 N–H and O–H groups in total. The average Bonchev–Trinajstić information content (AvgIpc) is 1.81. The van der Waals surface area contributed by atoms with Crippen molar-refractivity contribution in [3.8, 4) is 0 Å². The predicted octanol–water partition coefficient (Wildman–Crippen LogP) is 2.31. The average molecular weight is 241 g/mol. The Balaban J connectivity index is 2.53. The molecule has 0 bridgehead atoms. The summed E-state index contributed by atoms with van der Waals surface area (Å²) in [6.45, 7) is 2.24. The van der Waals surface area contributed by atoms with Gasteiger partial charge in [0.1, 0.15) is 0 Å². The van der Waals surface area contributed by atoms with E-state index in [-0.39, 0.29) is 0 Å². The van der Waals surface area contributed by atoms with Gasteiger partial charge in [-0.3, -0.25) is 0 Å². The normalized spacial score (nSPS) is 11.2. The third kappa shape index (κ3) is 7.09. The molecule has 0 unspecified atom stereocenters. The van der Waals surface area contributed by atoms with Gasteiger partial charge in [-0.25, -0.2) is 0 Å². The van der Waals surface area contributed by atoms with Crippen LogP contribution in [-0.2, 0) is 0 Å². The summed E-state index contributed by atoms with van der Waals surface area (Å²) >= 11 is -0.643. The first kappa shape index (κ1) is 9.09. The van der Waals surface area contributed by atoms with Crippen molar-refractivity contribution in [1.29, 1.82) is 0 Å². The van der Waals surface area contributed by atoms with Gasteiger partial charge < -0.3 is 0 Å². The molecule has 0 spiro atoms. The molecule has 0 atom stereocenters. The molecule has 0 aliphatic heterocycles. The van der Waals surface area contributed by atoms with E-state index in [1.807, 2.05) is 0 Å². The fourth-order valence-corrected chi connectivity index (χ4v) is 3.51. The topological polar surface area (TPSA) is 0 Å². The van der Waals surface area contributed by atoms with Crippen LogP contribution in [0.15, 0.2) is 0 Å². The second-order valence-electron chi connectivity index (χ2n) is 2.10. The van der Waals surface area contributed by atoms with E-state index >= 15 is 0 Å². The van der Waals surface area contributed by atoms with Gasteiger partial charge in [0.2, 0.25) is 0 Å². The Kier molecular flexibility index (Phi) is 9.19. The number of hydrogen-bond acceptors (Lipinski definition) is 0. The van der Waals surface area contributed by atoms with E-state index in [0.29, 0.717) is 0 Å². The molecule has 0 rings (SSSR count). The maximum atomic E-state index is 5.69. The standard InChI is InChI=1S/C6H13.ClH.Sn.2H/c1-3-5-6-4-2;;;;/h1,3-6H2,2H3;1H;;;/q;;+1;;/p-1. The summed E-state index contributed by atoms with van der Waals surface area (Å²) in [7, 11) is 5.69. The van der Waals surface area contributed by atoms with Crippen molar-refractivity contribution < 1.29 is 0 Å². The Morgan fingerprint density at radius 2 is 2.00 bits per heavy atom. The molecule has 0 heterocycles. The second kappa shape index (κ2) is 8.09. The van der Waals surface area contributed by atoms with Crippen LogP contribution in [0.1, 0.15) is 32.6 Å². The first-order valence-corrected chi connectivity index (χ1v) is 11.4. The van der Waals surface area contributed by atoms with Crippen molar-refractivity contribution in [2.24, 2.45) is 0 Å². The van der Waals surface area contributed by atoms with E-state index in [4.69, 9.17) is 8.92 Å². The molecule has 0 aromatic carbocycles.